The Morgan fingerprint density at radius 2 is 1.90 bits per heavy atom. The van der Waals surface area contributed by atoms with Crippen LogP contribution < -0.4 is 15.8 Å². The van der Waals surface area contributed by atoms with Crippen LogP contribution in [0.25, 0.3) is 6.08 Å². The number of amides is 2. The number of nitrogens with two attached hydrogens (primary N) is 1. The molecule has 0 spiro atoms. The van der Waals surface area contributed by atoms with Crippen molar-refractivity contribution < 1.29 is 28.2 Å². The molecule has 29 heavy (non-hydrogen) atoms. The van der Waals surface area contributed by atoms with Gasteiger partial charge in [0.05, 0.1) is 12.0 Å². The lowest BCUT2D eigenvalue weighted by molar-refractivity contribution is -0.142. The van der Waals surface area contributed by atoms with E-state index in [1.54, 1.807) is 30.3 Å². The molecular formula is C20H17FN2O5S. The summed E-state index contributed by atoms with van der Waals surface area (Å²) in [6.45, 7) is 0. The Hall–Kier alpha value is -3.17. The smallest absolute Gasteiger partial charge is 0.322 e. The molecular weight excluding hydrogens is 399 g/mol. The third-order valence-electron chi connectivity index (χ3n) is 4.02. The van der Waals surface area contributed by atoms with Gasteiger partial charge in [-0.05, 0) is 54.1 Å². The number of imide groups is 1. The summed E-state index contributed by atoms with van der Waals surface area (Å²) in [5, 5.41) is 1.62. The van der Waals surface area contributed by atoms with Crippen LogP contribution in [0.15, 0.2) is 47.4 Å². The lowest BCUT2D eigenvalue weighted by Crippen LogP contribution is -2.33. The number of hydrogen-bond acceptors (Lipinski definition) is 7. The van der Waals surface area contributed by atoms with Crippen molar-refractivity contribution in [1.29, 1.82) is 0 Å². The number of methoxy groups -OCH3 is 1. The van der Waals surface area contributed by atoms with E-state index < -0.39 is 29.0 Å². The van der Waals surface area contributed by atoms with Crippen LogP contribution >= 0.6 is 11.8 Å². The third-order valence-corrected chi connectivity index (χ3v) is 4.83. The van der Waals surface area contributed by atoms with Gasteiger partial charge in [0.1, 0.15) is 23.4 Å². The van der Waals surface area contributed by atoms with E-state index >= 15 is 0 Å². The highest BCUT2D eigenvalue weighted by molar-refractivity contribution is 8.18. The first-order valence-electron chi connectivity index (χ1n) is 8.50. The van der Waals surface area contributed by atoms with Crippen LogP contribution in [0.3, 0.4) is 0 Å². The van der Waals surface area contributed by atoms with E-state index in [0.717, 1.165) is 17.3 Å². The highest BCUT2D eigenvalue weighted by atomic mass is 32.2. The zero-order valence-corrected chi connectivity index (χ0v) is 16.1. The normalized spacial score (nSPS) is 15.9. The molecule has 0 aliphatic carbocycles. The molecule has 0 aromatic heterocycles. The number of nitrogens with one attached hydrogen (secondary N) is 1. The van der Waals surface area contributed by atoms with Crippen LogP contribution in [-0.2, 0) is 20.7 Å². The average Bonchev–Trinajstić information content (AvgIpc) is 3.01. The highest BCUT2D eigenvalue weighted by Crippen LogP contribution is 2.29. The fourth-order valence-corrected chi connectivity index (χ4v) is 3.24. The van der Waals surface area contributed by atoms with Crippen LogP contribution in [0.2, 0.25) is 0 Å². The van der Waals surface area contributed by atoms with Gasteiger partial charge in [-0.2, -0.15) is 0 Å². The van der Waals surface area contributed by atoms with Crippen molar-refractivity contribution >= 4 is 35.0 Å². The van der Waals surface area contributed by atoms with Crippen LogP contribution in [0.5, 0.6) is 11.5 Å². The molecule has 0 unspecified atom stereocenters. The molecule has 2 aromatic rings. The second kappa shape index (κ2) is 8.89. The van der Waals surface area contributed by atoms with Crippen molar-refractivity contribution in [3.63, 3.8) is 0 Å². The van der Waals surface area contributed by atoms with Crippen molar-refractivity contribution in [3.8, 4) is 11.5 Å². The molecule has 1 heterocycles. The summed E-state index contributed by atoms with van der Waals surface area (Å²) < 4.78 is 24.6. The van der Waals surface area contributed by atoms with Crippen molar-refractivity contribution in [1.82, 2.24) is 5.32 Å². The number of esters is 1. The summed E-state index contributed by atoms with van der Waals surface area (Å²) in [6.07, 6.45) is 1.63. The van der Waals surface area contributed by atoms with E-state index in [-0.39, 0.29) is 16.2 Å². The predicted molar refractivity (Wildman–Crippen MR) is 106 cm³/mol. The van der Waals surface area contributed by atoms with E-state index in [9.17, 15) is 18.8 Å². The maximum Gasteiger partial charge on any atom is 0.322 e. The third kappa shape index (κ3) is 5.21. The number of carbonyl (C=O) groups excluding carboxylic acids is 3. The number of carbonyl (C=O) groups is 3. The van der Waals surface area contributed by atoms with E-state index in [2.05, 4.69) is 10.1 Å². The summed E-state index contributed by atoms with van der Waals surface area (Å²) in [4.78, 5) is 34.2. The van der Waals surface area contributed by atoms with Crippen molar-refractivity contribution in [3.05, 3.63) is 64.3 Å². The number of benzene rings is 2. The van der Waals surface area contributed by atoms with Gasteiger partial charge in [-0.1, -0.05) is 12.1 Å². The number of halogens is 1. The zero-order valence-electron chi connectivity index (χ0n) is 15.3. The fourth-order valence-electron chi connectivity index (χ4n) is 2.57. The minimum atomic E-state index is -0.752. The van der Waals surface area contributed by atoms with Gasteiger partial charge in [0, 0.05) is 11.6 Å². The lowest BCUT2D eigenvalue weighted by atomic mass is 10.1. The molecule has 2 amide bonds. The standard InChI is InChI=1S/C20H17FN2O5S/c1-27-19(25)16(22)8-11-2-5-13(6-3-11)28-14-7-4-12(15(21)10-14)9-17-18(24)23-20(26)29-17/h2-7,9-10,16H,8,22H2,1H3,(H,23,24,26)/t16-/m0/s1. The molecule has 0 bridgehead atoms. The molecule has 0 radical (unpaired) electrons. The molecule has 2 aromatic carbocycles. The average molecular weight is 416 g/mol. The van der Waals surface area contributed by atoms with Gasteiger partial charge in [-0.3, -0.25) is 19.7 Å². The van der Waals surface area contributed by atoms with E-state index in [1.807, 2.05) is 0 Å². The molecule has 150 valence electrons. The molecule has 1 atom stereocenters. The van der Waals surface area contributed by atoms with Crippen LogP contribution in [0, 0.1) is 5.82 Å². The van der Waals surface area contributed by atoms with Crippen LogP contribution in [-0.4, -0.2) is 30.3 Å². The first kappa shape index (κ1) is 20.6. The molecule has 1 fully saturated rings. The minimum Gasteiger partial charge on any atom is -0.468 e. The van der Waals surface area contributed by atoms with E-state index in [4.69, 9.17) is 10.5 Å². The SMILES string of the molecule is COC(=O)[C@@H](N)Cc1ccc(Oc2ccc(C=C3SC(=O)NC3=O)c(F)c2)cc1. The molecule has 0 saturated carbocycles. The van der Waals surface area contributed by atoms with E-state index in [0.29, 0.717) is 12.2 Å². The first-order chi connectivity index (χ1) is 13.9. The fraction of sp³-hybridized carbons (Fsp3) is 0.150. The molecule has 1 aliphatic heterocycles. The van der Waals surface area contributed by atoms with Gasteiger partial charge >= 0.3 is 5.97 Å². The Morgan fingerprint density at radius 1 is 1.21 bits per heavy atom. The molecule has 7 nitrogen and oxygen atoms in total. The summed E-state index contributed by atoms with van der Waals surface area (Å²) in [7, 11) is 1.28. The number of ether oxygens (including phenoxy) is 2. The summed E-state index contributed by atoms with van der Waals surface area (Å²) in [5.41, 5.74) is 6.72. The Morgan fingerprint density at radius 3 is 2.48 bits per heavy atom. The summed E-state index contributed by atoms with van der Waals surface area (Å²) in [5.74, 6) is -0.894. The van der Waals surface area contributed by atoms with E-state index in [1.165, 1.54) is 25.3 Å². The maximum absolute atomic E-state index is 14.3. The Bertz CT molecular complexity index is 991. The largest absolute Gasteiger partial charge is 0.468 e. The monoisotopic (exact) mass is 416 g/mol. The van der Waals surface area contributed by atoms with Gasteiger partial charge in [-0.15, -0.1) is 0 Å². The molecule has 1 aliphatic rings. The van der Waals surface area contributed by atoms with Gasteiger partial charge in [0.25, 0.3) is 11.1 Å². The predicted octanol–water partition coefficient (Wildman–Crippen LogP) is 2.98. The highest BCUT2D eigenvalue weighted by Gasteiger charge is 2.25. The van der Waals surface area contributed by atoms with Crippen molar-refractivity contribution in [2.75, 3.05) is 7.11 Å². The topological polar surface area (TPSA) is 108 Å². The lowest BCUT2D eigenvalue weighted by Gasteiger charge is -2.10. The summed E-state index contributed by atoms with van der Waals surface area (Å²) in [6, 6.07) is 10.3. The number of hydrogen-bond donors (Lipinski definition) is 2. The molecule has 3 N–H and O–H groups in total. The molecule has 9 heteroatoms. The van der Waals surface area contributed by atoms with Gasteiger partial charge in [0.2, 0.25) is 0 Å². The molecule has 1 saturated heterocycles. The van der Waals surface area contributed by atoms with Crippen LogP contribution in [0.1, 0.15) is 11.1 Å². The summed E-state index contributed by atoms with van der Waals surface area (Å²) >= 11 is 0.718. The van der Waals surface area contributed by atoms with Crippen molar-refractivity contribution in [2.45, 2.75) is 12.5 Å². The van der Waals surface area contributed by atoms with Gasteiger partial charge in [0.15, 0.2) is 0 Å². The maximum atomic E-state index is 14.3. The Labute approximate surface area is 170 Å². The molecule has 3 rings (SSSR count). The second-order valence-electron chi connectivity index (χ2n) is 6.12. The Balaban J connectivity index is 1.67. The first-order valence-corrected chi connectivity index (χ1v) is 9.32. The second-order valence-corrected chi connectivity index (χ2v) is 7.13. The number of thioether (sulfide) groups is 1. The quantitative estimate of drug-likeness (QED) is 0.551. The number of rotatable bonds is 6. The van der Waals surface area contributed by atoms with Crippen molar-refractivity contribution in [2.24, 2.45) is 5.73 Å². The Kier molecular flexibility index (Phi) is 6.30. The zero-order chi connectivity index (χ0) is 21.0. The minimum absolute atomic E-state index is 0.128. The van der Waals surface area contributed by atoms with Gasteiger partial charge in [-0.25, -0.2) is 4.39 Å². The van der Waals surface area contributed by atoms with Gasteiger partial charge < -0.3 is 15.2 Å². The van der Waals surface area contributed by atoms with Crippen LogP contribution in [0.4, 0.5) is 9.18 Å².